The Labute approximate surface area is 173 Å². The lowest BCUT2D eigenvalue weighted by Gasteiger charge is -2.10. The van der Waals surface area contributed by atoms with E-state index in [9.17, 15) is 13.6 Å². The predicted molar refractivity (Wildman–Crippen MR) is 99.8 cm³/mol. The van der Waals surface area contributed by atoms with Gasteiger partial charge in [-0.05, 0) is 31.2 Å². The average Bonchev–Trinajstić information content (AvgIpc) is 3.35. The number of esters is 1. The quantitative estimate of drug-likeness (QED) is 0.407. The summed E-state index contributed by atoms with van der Waals surface area (Å²) in [7, 11) is 1.32. The molecule has 0 unspecified atom stereocenters. The number of fused-ring (bicyclic) bond motifs is 1. The maximum absolute atomic E-state index is 12.5. The van der Waals surface area contributed by atoms with Gasteiger partial charge in [-0.25, -0.2) is 14.3 Å². The van der Waals surface area contributed by atoms with Crippen LogP contribution in [0.15, 0.2) is 41.2 Å². The molecular weight excluding hydrogens is 416 g/mol. The van der Waals surface area contributed by atoms with Gasteiger partial charge in [-0.3, -0.25) is 0 Å². The Morgan fingerprint density at radius 2 is 2.13 bits per heavy atom. The molecule has 0 N–H and O–H groups in total. The first-order valence-electron chi connectivity index (χ1n) is 8.89. The zero-order valence-electron chi connectivity index (χ0n) is 16.3. The Hall–Kier alpha value is -4.09. The van der Waals surface area contributed by atoms with E-state index < -0.39 is 12.6 Å². The molecule has 160 valence electrons. The lowest BCUT2D eigenvalue weighted by molar-refractivity contribution is -0.0512. The molecule has 4 rings (SSSR count). The number of carbonyl (C=O) groups is 1. The Morgan fingerprint density at radius 3 is 2.90 bits per heavy atom. The fourth-order valence-electron chi connectivity index (χ4n) is 2.87. The van der Waals surface area contributed by atoms with Gasteiger partial charge < -0.3 is 18.7 Å². The molecule has 0 atom stereocenters. The highest BCUT2D eigenvalue weighted by Crippen LogP contribution is 2.32. The van der Waals surface area contributed by atoms with Crippen LogP contribution in [0.4, 0.5) is 8.78 Å². The summed E-state index contributed by atoms with van der Waals surface area (Å²) in [5, 5.41) is 8.02. The molecule has 0 spiro atoms. The standard InChI is InChI=1S/C19H15F2N5O5/c1-10-15(17-22-6-3-7-26(17)24-10)18(27)29-9-14-23-16(25-31-14)11-4-5-12(30-19(20)21)13(8-11)28-2/h3-8,19H,9H2,1-2H3. The minimum atomic E-state index is -2.99. The Balaban J connectivity index is 1.48. The predicted octanol–water partition coefficient (Wildman–Crippen LogP) is 3.05. The third kappa shape index (κ3) is 4.13. The van der Waals surface area contributed by atoms with Crippen molar-refractivity contribution in [3.05, 3.63) is 53.8 Å². The molecule has 0 fully saturated rings. The second-order valence-electron chi connectivity index (χ2n) is 6.18. The van der Waals surface area contributed by atoms with Crippen molar-refractivity contribution in [1.29, 1.82) is 0 Å². The molecule has 3 heterocycles. The molecule has 0 aliphatic heterocycles. The van der Waals surface area contributed by atoms with Gasteiger partial charge in [0, 0.05) is 18.0 Å². The van der Waals surface area contributed by atoms with E-state index in [0.717, 1.165) is 0 Å². The highest BCUT2D eigenvalue weighted by Gasteiger charge is 2.21. The van der Waals surface area contributed by atoms with Crippen LogP contribution in [-0.4, -0.2) is 44.4 Å². The van der Waals surface area contributed by atoms with Crippen molar-refractivity contribution in [2.24, 2.45) is 0 Å². The number of aromatic nitrogens is 5. The van der Waals surface area contributed by atoms with Crippen molar-refractivity contribution >= 4 is 11.6 Å². The maximum Gasteiger partial charge on any atom is 0.387 e. The summed E-state index contributed by atoms with van der Waals surface area (Å²) in [5.74, 6) is -0.497. The summed E-state index contributed by atoms with van der Waals surface area (Å²) in [5.41, 5.74) is 1.50. The average molecular weight is 431 g/mol. The summed E-state index contributed by atoms with van der Waals surface area (Å²) >= 11 is 0. The monoisotopic (exact) mass is 431 g/mol. The van der Waals surface area contributed by atoms with E-state index in [0.29, 0.717) is 16.9 Å². The molecule has 0 saturated carbocycles. The number of methoxy groups -OCH3 is 1. The normalized spacial score (nSPS) is 11.1. The first-order chi connectivity index (χ1) is 15.0. The highest BCUT2D eigenvalue weighted by molar-refractivity contribution is 5.97. The zero-order valence-corrected chi connectivity index (χ0v) is 16.3. The topological polar surface area (TPSA) is 114 Å². The number of rotatable bonds is 7. The SMILES string of the molecule is COc1cc(-c2noc(COC(=O)c3c(C)nn4cccnc34)n2)ccc1OC(F)F. The van der Waals surface area contributed by atoms with E-state index in [2.05, 4.69) is 25.0 Å². The van der Waals surface area contributed by atoms with E-state index in [-0.39, 0.29) is 35.4 Å². The summed E-state index contributed by atoms with van der Waals surface area (Å²) < 4.78 is 46.2. The van der Waals surface area contributed by atoms with Gasteiger partial charge in [0.15, 0.2) is 23.8 Å². The molecule has 12 heteroatoms. The van der Waals surface area contributed by atoms with E-state index >= 15 is 0 Å². The summed E-state index contributed by atoms with van der Waals surface area (Å²) in [6.45, 7) is -1.59. The van der Waals surface area contributed by atoms with Crippen molar-refractivity contribution in [2.45, 2.75) is 20.1 Å². The second-order valence-corrected chi connectivity index (χ2v) is 6.18. The highest BCUT2D eigenvalue weighted by atomic mass is 19.3. The molecule has 0 aliphatic rings. The number of alkyl halides is 2. The van der Waals surface area contributed by atoms with Gasteiger partial charge in [0.05, 0.1) is 12.8 Å². The lowest BCUT2D eigenvalue weighted by atomic mass is 10.2. The number of carbonyl (C=O) groups excluding carboxylic acids is 1. The third-order valence-corrected chi connectivity index (χ3v) is 4.21. The van der Waals surface area contributed by atoms with Crippen molar-refractivity contribution in [1.82, 2.24) is 24.7 Å². The fourth-order valence-corrected chi connectivity index (χ4v) is 2.87. The first kappa shape index (κ1) is 20.2. The number of ether oxygens (including phenoxy) is 3. The van der Waals surface area contributed by atoms with Gasteiger partial charge in [-0.2, -0.15) is 18.9 Å². The molecule has 0 bridgehead atoms. The van der Waals surface area contributed by atoms with Crippen molar-refractivity contribution in [2.75, 3.05) is 7.11 Å². The van der Waals surface area contributed by atoms with Crippen LogP contribution in [0.2, 0.25) is 0 Å². The fraction of sp³-hybridized carbons (Fsp3) is 0.211. The van der Waals surface area contributed by atoms with Gasteiger partial charge in [-0.1, -0.05) is 5.16 Å². The summed E-state index contributed by atoms with van der Waals surface area (Å²) in [6, 6.07) is 5.88. The van der Waals surface area contributed by atoms with Crippen LogP contribution in [0.3, 0.4) is 0 Å². The Bertz CT molecular complexity index is 1240. The lowest BCUT2D eigenvalue weighted by Crippen LogP contribution is -2.07. The molecule has 0 radical (unpaired) electrons. The molecular formula is C19H15F2N5O5. The zero-order chi connectivity index (χ0) is 22.0. The van der Waals surface area contributed by atoms with Crippen LogP contribution >= 0.6 is 0 Å². The minimum Gasteiger partial charge on any atom is -0.493 e. The van der Waals surface area contributed by atoms with Crippen LogP contribution < -0.4 is 9.47 Å². The van der Waals surface area contributed by atoms with Crippen LogP contribution in [-0.2, 0) is 11.3 Å². The maximum atomic E-state index is 12.5. The van der Waals surface area contributed by atoms with Crippen LogP contribution in [0.1, 0.15) is 21.9 Å². The largest absolute Gasteiger partial charge is 0.493 e. The molecule has 1 aromatic carbocycles. The molecule has 4 aromatic rings. The molecule has 31 heavy (non-hydrogen) atoms. The Kier molecular flexibility index (Phi) is 5.43. The van der Waals surface area contributed by atoms with E-state index in [1.54, 1.807) is 25.4 Å². The molecule has 10 nitrogen and oxygen atoms in total. The van der Waals surface area contributed by atoms with Gasteiger partial charge in [0.25, 0.3) is 5.89 Å². The van der Waals surface area contributed by atoms with Crippen LogP contribution in [0.5, 0.6) is 11.5 Å². The van der Waals surface area contributed by atoms with Crippen LogP contribution in [0.25, 0.3) is 17.0 Å². The molecule has 3 aromatic heterocycles. The number of halogens is 2. The van der Waals surface area contributed by atoms with Crippen molar-refractivity contribution in [3.63, 3.8) is 0 Å². The van der Waals surface area contributed by atoms with Gasteiger partial charge >= 0.3 is 12.6 Å². The van der Waals surface area contributed by atoms with E-state index in [4.69, 9.17) is 14.0 Å². The third-order valence-electron chi connectivity index (χ3n) is 4.21. The molecule has 0 amide bonds. The van der Waals surface area contributed by atoms with E-state index in [1.165, 1.54) is 29.8 Å². The minimum absolute atomic E-state index is 0.0392. The van der Waals surface area contributed by atoms with Gasteiger partial charge in [0.2, 0.25) is 5.82 Å². The van der Waals surface area contributed by atoms with Gasteiger partial charge in [-0.15, -0.1) is 0 Å². The van der Waals surface area contributed by atoms with Gasteiger partial charge in [0.1, 0.15) is 5.56 Å². The number of aryl methyl sites for hydroxylation is 1. The number of nitrogens with zero attached hydrogens (tertiary/aromatic N) is 5. The smallest absolute Gasteiger partial charge is 0.387 e. The van der Waals surface area contributed by atoms with Crippen molar-refractivity contribution < 1.29 is 32.3 Å². The Morgan fingerprint density at radius 1 is 1.29 bits per heavy atom. The van der Waals surface area contributed by atoms with Crippen LogP contribution in [0, 0.1) is 6.92 Å². The first-order valence-corrected chi connectivity index (χ1v) is 8.89. The summed E-state index contributed by atoms with van der Waals surface area (Å²) in [6.07, 6.45) is 3.21. The summed E-state index contributed by atoms with van der Waals surface area (Å²) in [4.78, 5) is 20.8. The number of hydrogen-bond donors (Lipinski definition) is 0. The van der Waals surface area contributed by atoms with Crippen molar-refractivity contribution in [3.8, 4) is 22.9 Å². The number of benzene rings is 1. The molecule has 0 saturated heterocycles. The second kappa shape index (κ2) is 8.34. The van der Waals surface area contributed by atoms with E-state index in [1.807, 2.05) is 0 Å². The molecule has 0 aliphatic carbocycles. The number of hydrogen-bond acceptors (Lipinski definition) is 9.